The molecule has 0 aromatic carbocycles. The van der Waals surface area contributed by atoms with Gasteiger partial charge in [0.05, 0.1) is 18.4 Å². The monoisotopic (exact) mass is 349 g/mol. The number of nitrogens with one attached hydrogen (secondary N) is 1. The SMILES string of the molecule is CC(C)Cc1c(F)cnc2[nH]c(Cn3c(Cl)ccc(N)c3=O)nc12. The number of anilines is 1. The van der Waals surface area contributed by atoms with Crippen LogP contribution < -0.4 is 11.3 Å². The Labute approximate surface area is 142 Å². The summed E-state index contributed by atoms with van der Waals surface area (Å²) in [4.78, 5) is 23.6. The van der Waals surface area contributed by atoms with Gasteiger partial charge in [0, 0.05) is 5.56 Å². The molecule has 0 unspecified atom stereocenters. The van der Waals surface area contributed by atoms with Crippen LogP contribution in [0.4, 0.5) is 10.1 Å². The van der Waals surface area contributed by atoms with Gasteiger partial charge in [-0.25, -0.2) is 14.4 Å². The van der Waals surface area contributed by atoms with Gasteiger partial charge in [-0.1, -0.05) is 25.4 Å². The van der Waals surface area contributed by atoms with E-state index in [1.807, 2.05) is 13.8 Å². The molecule has 0 atom stereocenters. The molecule has 6 nitrogen and oxygen atoms in total. The molecule has 3 aromatic rings. The van der Waals surface area contributed by atoms with E-state index in [0.717, 1.165) is 0 Å². The molecule has 3 rings (SSSR count). The summed E-state index contributed by atoms with van der Waals surface area (Å²) in [5.41, 5.74) is 6.81. The first-order valence-electron chi connectivity index (χ1n) is 7.53. The fraction of sp³-hybridized carbons (Fsp3) is 0.312. The highest BCUT2D eigenvalue weighted by atomic mass is 35.5. The molecule has 126 valence electrons. The van der Waals surface area contributed by atoms with Crippen molar-refractivity contribution in [3.63, 3.8) is 0 Å². The smallest absolute Gasteiger partial charge is 0.275 e. The molecule has 0 saturated heterocycles. The van der Waals surface area contributed by atoms with Crippen molar-refractivity contribution in [2.75, 3.05) is 5.73 Å². The highest BCUT2D eigenvalue weighted by molar-refractivity contribution is 6.29. The number of hydrogen-bond donors (Lipinski definition) is 2. The maximum absolute atomic E-state index is 14.1. The maximum Gasteiger partial charge on any atom is 0.275 e. The number of nitrogen functional groups attached to an aromatic ring is 1. The molecule has 3 N–H and O–H groups in total. The molecule has 0 bridgehead atoms. The zero-order valence-electron chi connectivity index (χ0n) is 13.3. The van der Waals surface area contributed by atoms with Crippen LogP contribution in [-0.4, -0.2) is 19.5 Å². The van der Waals surface area contributed by atoms with Crippen LogP contribution in [0.2, 0.25) is 5.15 Å². The molecule has 0 spiro atoms. The Kier molecular flexibility index (Phi) is 4.28. The zero-order chi connectivity index (χ0) is 17.4. The molecular formula is C16H17ClFN5O. The summed E-state index contributed by atoms with van der Waals surface area (Å²) in [6.45, 7) is 4.11. The van der Waals surface area contributed by atoms with Crippen molar-refractivity contribution in [1.82, 2.24) is 19.5 Å². The van der Waals surface area contributed by atoms with E-state index in [2.05, 4.69) is 15.0 Å². The van der Waals surface area contributed by atoms with Gasteiger partial charge in [0.1, 0.15) is 22.3 Å². The van der Waals surface area contributed by atoms with Crippen molar-refractivity contribution < 1.29 is 4.39 Å². The number of hydrogen-bond acceptors (Lipinski definition) is 4. The van der Waals surface area contributed by atoms with Crippen LogP contribution in [0, 0.1) is 11.7 Å². The summed E-state index contributed by atoms with van der Waals surface area (Å²) in [7, 11) is 0. The molecule has 3 heterocycles. The van der Waals surface area contributed by atoms with Gasteiger partial charge in [-0.3, -0.25) is 9.36 Å². The zero-order valence-corrected chi connectivity index (χ0v) is 14.1. The normalized spacial score (nSPS) is 11.5. The van der Waals surface area contributed by atoms with E-state index in [9.17, 15) is 9.18 Å². The standard InChI is InChI=1S/C16H17ClFN5O/c1-8(2)5-9-10(18)6-20-15-14(9)21-13(22-15)7-23-12(17)4-3-11(19)16(23)24/h3-4,6,8H,5,7,19H2,1-2H3,(H,20,21,22). The van der Waals surface area contributed by atoms with Gasteiger partial charge in [0.25, 0.3) is 5.56 Å². The topological polar surface area (TPSA) is 89.6 Å². The molecule has 0 amide bonds. The number of rotatable bonds is 4. The minimum absolute atomic E-state index is 0.0974. The van der Waals surface area contributed by atoms with Gasteiger partial charge in [0.2, 0.25) is 0 Å². The minimum atomic E-state index is -0.399. The summed E-state index contributed by atoms with van der Waals surface area (Å²) >= 11 is 6.07. The Bertz CT molecular complexity index is 963. The molecule has 3 aromatic heterocycles. The van der Waals surface area contributed by atoms with Crippen LogP contribution in [-0.2, 0) is 13.0 Å². The maximum atomic E-state index is 14.1. The average molecular weight is 350 g/mol. The number of aromatic nitrogens is 4. The van der Waals surface area contributed by atoms with E-state index in [1.54, 1.807) is 6.07 Å². The second kappa shape index (κ2) is 6.24. The minimum Gasteiger partial charge on any atom is -0.394 e. The quantitative estimate of drug-likeness (QED) is 0.709. The average Bonchev–Trinajstić information content (AvgIpc) is 2.93. The molecule has 0 saturated carbocycles. The van der Waals surface area contributed by atoms with Crippen LogP contribution in [0.5, 0.6) is 0 Å². The Balaban J connectivity index is 2.07. The third-order valence-electron chi connectivity index (χ3n) is 3.69. The summed E-state index contributed by atoms with van der Waals surface area (Å²) in [6.07, 6.45) is 1.73. The van der Waals surface area contributed by atoms with Crippen molar-refractivity contribution in [3.05, 3.63) is 51.0 Å². The number of halogens is 2. The molecule has 0 radical (unpaired) electrons. The highest BCUT2D eigenvalue weighted by Gasteiger charge is 2.16. The first-order chi connectivity index (χ1) is 11.4. The molecule has 0 fully saturated rings. The molecule has 0 aliphatic carbocycles. The Morgan fingerprint density at radius 2 is 2.17 bits per heavy atom. The van der Waals surface area contributed by atoms with E-state index >= 15 is 0 Å². The van der Waals surface area contributed by atoms with Crippen LogP contribution in [0.1, 0.15) is 25.2 Å². The fourth-order valence-corrected chi connectivity index (χ4v) is 2.77. The number of nitrogens with two attached hydrogens (primary N) is 1. The first-order valence-corrected chi connectivity index (χ1v) is 7.91. The molecule has 0 aliphatic heterocycles. The van der Waals surface area contributed by atoms with Gasteiger partial charge in [-0.15, -0.1) is 0 Å². The molecule has 24 heavy (non-hydrogen) atoms. The summed E-state index contributed by atoms with van der Waals surface area (Å²) in [5, 5.41) is 0.246. The third kappa shape index (κ3) is 2.99. The number of pyridine rings is 2. The van der Waals surface area contributed by atoms with Crippen molar-refractivity contribution >= 4 is 28.5 Å². The van der Waals surface area contributed by atoms with Crippen molar-refractivity contribution in [2.45, 2.75) is 26.8 Å². The lowest BCUT2D eigenvalue weighted by molar-refractivity contribution is 0.573. The van der Waals surface area contributed by atoms with E-state index in [0.29, 0.717) is 29.0 Å². The lowest BCUT2D eigenvalue weighted by Crippen LogP contribution is -2.24. The van der Waals surface area contributed by atoms with Crippen LogP contribution in [0.15, 0.2) is 23.1 Å². The van der Waals surface area contributed by atoms with Gasteiger partial charge in [0.15, 0.2) is 5.65 Å². The second-order valence-corrected chi connectivity index (χ2v) is 6.45. The molecule has 8 heteroatoms. The van der Waals surface area contributed by atoms with Crippen LogP contribution in [0.25, 0.3) is 11.2 Å². The first kappa shape index (κ1) is 16.4. The van der Waals surface area contributed by atoms with Gasteiger partial charge >= 0.3 is 0 Å². The predicted octanol–water partition coefficient (Wildman–Crippen LogP) is 2.74. The van der Waals surface area contributed by atoms with Crippen LogP contribution in [0.3, 0.4) is 0 Å². The Morgan fingerprint density at radius 1 is 1.42 bits per heavy atom. The largest absolute Gasteiger partial charge is 0.394 e. The fourth-order valence-electron chi connectivity index (χ4n) is 2.57. The van der Waals surface area contributed by atoms with E-state index in [-0.39, 0.29) is 29.1 Å². The highest BCUT2D eigenvalue weighted by Crippen LogP contribution is 2.21. The number of aromatic amines is 1. The van der Waals surface area contributed by atoms with Crippen molar-refractivity contribution in [2.24, 2.45) is 5.92 Å². The van der Waals surface area contributed by atoms with Gasteiger partial charge in [-0.05, 0) is 24.5 Å². The summed E-state index contributed by atoms with van der Waals surface area (Å²) < 4.78 is 15.4. The molecular weight excluding hydrogens is 333 g/mol. The number of fused-ring (bicyclic) bond motifs is 1. The number of nitrogens with zero attached hydrogens (tertiary/aromatic N) is 3. The second-order valence-electron chi connectivity index (χ2n) is 6.07. The predicted molar refractivity (Wildman–Crippen MR) is 91.6 cm³/mol. The molecule has 0 aliphatic rings. The lowest BCUT2D eigenvalue weighted by atomic mass is 10.0. The Hall–Kier alpha value is -2.41. The number of imidazole rings is 1. The van der Waals surface area contributed by atoms with Crippen molar-refractivity contribution in [3.8, 4) is 0 Å². The summed E-state index contributed by atoms with van der Waals surface area (Å²) in [6, 6.07) is 3.00. The number of H-pyrrole nitrogens is 1. The van der Waals surface area contributed by atoms with Crippen LogP contribution >= 0.6 is 11.6 Å². The van der Waals surface area contributed by atoms with E-state index in [4.69, 9.17) is 17.3 Å². The van der Waals surface area contributed by atoms with E-state index < -0.39 is 5.56 Å². The lowest BCUT2D eigenvalue weighted by Gasteiger charge is -2.07. The summed E-state index contributed by atoms with van der Waals surface area (Å²) in [5.74, 6) is 0.354. The van der Waals surface area contributed by atoms with Gasteiger partial charge < -0.3 is 10.7 Å². The Morgan fingerprint density at radius 3 is 2.88 bits per heavy atom. The van der Waals surface area contributed by atoms with Crippen molar-refractivity contribution in [1.29, 1.82) is 0 Å². The third-order valence-corrected chi connectivity index (χ3v) is 4.02. The van der Waals surface area contributed by atoms with E-state index in [1.165, 1.54) is 16.8 Å². The van der Waals surface area contributed by atoms with Gasteiger partial charge in [-0.2, -0.15) is 0 Å².